The van der Waals surface area contributed by atoms with E-state index in [1.807, 2.05) is 38.4 Å². The molecule has 3 heteroatoms. The van der Waals surface area contributed by atoms with Gasteiger partial charge < -0.3 is 5.32 Å². The Bertz CT molecular complexity index is 514. The Morgan fingerprint density at radius 3 is 2.71 bits per heavy atom. The van der Waals surface area contributed by atoms with Crippen LogP contribution < -0.4 is 5.32 Å². The van der Waals surface area contributed by atoms with E-state index in [0.29, 0.717) is 0 Å². The Morgan fingerprint density at radius 1 is 1.52 bits per heavy atom. The Hall–Kier alpha value is -1.90. The molecule has 0 saturated heterocycles. The number of anilines is 1. The van der Waals surface area contributed by atoms with E-state index in [4.69, 9.17) is 0 Å². The predicted octanol–water partition coefficient (Wildman–Crippen LogP) is 4.73. The summed E-state index contributed by atoms with van der Waals surface area (Å²) in [7, 11) is 0. The van der Waals surface area contributed by atoms with Crippen LogP contribution in [0.4, 0.5) is 5.69 Å². The highest BCUT2D eigenvalue weighted by Gasteiger charge is 2.21. The number of allylic oxidation sites excluding steroid dienone is 2. The molecule has 2 atom stereocenters. The van der Waals surface area contributed by atoms with E-state index in [0.717, 1.165) is 23.5 Å². The van der Waals surface area contributed by atoms with E-state index < -0.39 is 0 Å². The summed E-state index contributed by atoms with van der Waals surface area (Å²) < 4.78 is 0. The zero-order valence-corrected chi connectivity index (χ0v) is 13.9. The van der Waals surface area contributed by atoms with Crippen LogP contribution in [0.1, 0.15) is 46.7 Å². The highest BCUT2D eigenvalue weighted by atomic mass is 14.9. The van der Waals surface area contributed by atoms with Gasteiger partial charge in [-0.3, -0.25) is 9.98 Å². The normalized spacial score (nSPS) is 16.5. The molecule has 0 aliphatic rings. The van der Waals surface area contributed by atoms with E-state index in [1.165, 1.54) is 0 Å². The summed E-state index contributed by atoms with van der Waals surface area (Å²) in [6, 6.07) is 4.31. The molecule has 0 aliphatic heterocycles. The van der Waals surface area contributed by atoms with Crippen molar-refractivity contribution in [2.75, 3.05) is 5.32 Å². The van der Waals surface area contributed by atoms with Crippen LogP contribution in [0.5, 0.6) is 0 Å². The molecule has 1 rings (SSSR count). The van der Waals surface area contributed by atoms with Gasteiger partial charge >= 0.3 is 0 Å². The molecule has 1 aromatic rings. The van der Waals surface area contributed by atoms with Gasteiger partial charge in [0.05, 0.1) is 23.6 Å². The van der Waals surface area contributed by atoms with Crippen molar-refractivity contribution in [1.82, 2.24) is 4.98 Å². The van der Waals surface area contributed by atoms with Gasteiger partial charge in [0.15, 0.2) is 0 Å². The molecule has 0 radical (unpaired) electrons. The van der Waals surface area contributed by atoms with Gasteiger partial charge in [-0.25, -0.2) is 0 Å². The Labute approximate surface area is 128 Å². The molecule has 0 amide bonds. The SMILES string of the molecule is C=CC(C)(CC)c1ccc(NC(C)C(C)=N/C=C\C)cn1. The minimum atomic E-state index is -0.0621. The van der Waals surface area contributed by atoms with Gasteiger partial charge in [0.25, 0.3) is 0 Å². The van der Waals surface area contributed by atoms with E-state index in [2.05, 4.69) is 54.8 Å². The molecule has 2 unspecified atom stereocenters. The molecule has 0 aromatic carbocycles. The molecule has 3 nitrogen and oxygen atoms in total. The van der Waals surface area contributed by atoms with Crippen molar-refractivity contribution in [2.45, 2.75) is 52.5 Å². The smallest absolute Gasteiger partial charge is 0.0615 e. The second-order valence-corrected chi connectivity index (χ2v) is 5.53. The van der Waals surface area contributed by atoms with E-state index >= 15 is 0 Å². The first-order valence-corrected chi connectivity index (χ1v) is 7.49. The van der Waals surface area contributed by atoms with Gasteiger partial charge in [-0.15, -0.1) is 6.58 Å². The van der Waals surface area contributed by atoms with Crippen LogP contribution in [0, 0.1) is 0 Å². The highest BCUT2D eigenvalue weighted by Crippen LogP contribution is 2.27. The fourth-order valence-electron chi connectivity index (χ4n) is 1.91. The van der Waals surface area contributed by atoms with Crippen LogP contribution >= 0.6 is 0 Å². The standard InChI is InChI=1S/C18H27N3/c1-7-12-19-14(4)15(5)21-16-10-11-17(20-13-16)18(6,8-2)9-3/h7-8,10-13,15,21H,2,9H2,1,3-6H3/b12-7-,19-14?. The monoisotopic (exact) mass is 285 g/mol. The van der Waals surface area contributed by atoms with Crippen LogP contribution in [0.25, 0.3) is 0 Å². The van der Waals surface area contributed by atoms with Crippen molar-refractivity contribution in [1.29, 1.82) is 0 Å². The number of hydrogen-bond acceptors (Lipinski definition) is 3. The number of pyridine rings is 1. The van der Waals surface area contributed by atoms with E-state index in [9.17, 15) is 0 Å². The molecular formula is C18H27N3. The average Bonchev–Trinajstić information content (AvgIpc) is 2.52. The van der Waals surface area contributed by atoms with Gasteiger partial charge in [-0.05, 0) is 39.3 Å². The van der Waals surface area contributed by atoms with E-state index in [-0.39, 0.29) is 11.5 Å². The first-order chi connectivity index (χ1) is 9.96. The zero-order valence-electron chi connectivity index (χ0n) is 13.9. The lowest BCUT2D eigenvalue weighted by Crippen LogP contribution is -2.24. The van der Waals surface area contributed by atoms with Gasteiger partial charge in [0.2, 0.25) is 0 Å². The molecule has 0 aliphatic carbocycles. The van der Waals surface area contributed by atoms with Crippen molar-refractivity contribution in [3.05, 3.63) is 49.0 Å². The minimum Gasteiger partial charge on any atom is -0.376 e. The van der Waals surface area contributed by atoms with Crippen LogP contribution in [-0.4, -0.2) is 16.7 Å². The van der Waals surface area contributed by atoms with E-state index in [1.54, 1.807) is 0 Å². The molecule has 1 heterocycles. The molecule has 0 spiro atoms. The van der Waals surface area contributed by atoms with Gasteiger partial charge in [-0.1, -0.05) is 26.0 Å². The van der Waals surface area contributed by atoms with Crippen LogP contribution in [0.2, 0.25) is 0 Å². The van der Waals surface area contributed by atoms with Crippen LogP contribution in [0.3, 0.4) is 0 Å². The summed E-state index contributed by atoms with van der Waals surface area (Å²) in [5.41, 5.74) is 3.04. The number of nitrogens with one attached hydrogen (secondary N) is 1. The Balaban J connectivity index is 2.82. The average molecular weight is 285 g/mol. The fourth-order valence-corrected chi connectivity index (χ4v) is 1.91. The summed E-state index contributed by atoms with van der Waals surface area (Å²) in [6.45, 7) is 14.3. The third-order valence-electron chi connectivity index (χ3n) is 3.97. The maximum absolute atomic E-state index is 4.58. The van der Waals surface area contributed by atoms with Crippen molar-refractivity contribution in [3.8, 4) is 0 Å². The predicted molar refractivity (Wildman–Crippen MR) is 93.1 cm³/mol. The quantitative estimate of drug-likeness (QED) is 0.581. The maximum atomic E-state index is 4.58. The second-order valence-electron chi connectivity index (χ2n) is 5.53. The molecule has 0 saturated carbocycles. The molecule has 0 fully saturated rings. The lowest BCUT2D eigenvalue weighted by Gasteiger charge is -2.23. The van der Waals surface area contributed by atoms with Crippen LogP contribution in [0.15, 0.2) is 48.3 Å². The molecule has 0 bridgehead atoms. The summed E-state index contributed by atoms with van der Waals surface area (Å²) in [6.07, 6.45) is 8.58. The molecular weight excluding hydrogens is 258 g/mol. The Morgan fingerprint density at radius 2 is 2.24 bits per heavy atom. The summed E-state index contributed by atoms with van der Waals surface area (Å²) in [5, 5.41) is 3.41. The third-order valence-corrected chi connectivity index (χ3v) is 3.97. The molecule has 21 heavy (non-hydrogen) atoms. The molecule has 114 valence electrons. The van der Waals surface area contributed by atoms with Crippen molar-refractivity contribution < 1.29 is 0 Å². The van der Waals surface area contributed by atoms with Gasteiger partial charge in [-0.2, -0.15) is 0 Å². The van der Waals surface area contributed by atoms with Crippen LogP contribution in [-0.2, 0) is 5.41 Å². The zero-order chi connectivity index (χ0) is 15.9. The fraction of sp³-hybridized carbons (Fsp3) is 0.444. The van der Waals surface area contributed by atoms with Crippen molar-refractivity contribution in [3.63, 3.8) is 0 Å². The second kappa shape index (κ2) is 7.77. The molecule has 1 N–H and O–H groups in total. The largest absolute Gasteiger partial charge is 0.376 e. The van der Waals surface area contributed by atoms with Crippen molar-refractivity contribution in [2.24, 2.45) is 4.99 Å². The lowest BCUT2D eigenvalue weighted by atomic mass is 9.84. The lowest BCUT2D eigenvalue weighted by molar-refractivity contribution is 0.555. The minimum absolute atomic E-state index is 0.0621. The third kappa shape index (κ3) is 4.55. The highest BCUT2D eigenvalue weighted by molar-refractivity contribution is 5.89. The summed E-state index contributed by atoms with van der Waals surface area (Å²) in [4.78, 5) is 8.94. The van der Waals surface area contributed by atoms with Gasteiger partial charge in [0, 0.05) is 17.3 Å². The number of aromatic nitrogens is 1. The number of nitrogens with zero attached hydrogens (tertiary/aromatic N) is 2. The first kappa shape index (κ1) is 17.2. The maximum Gasteiger partial charge on any atom is 0.0615 e. The van der Waals surface area contributed by atoms with Crippen molar-refractivity contribution >= 4 is 11.4 Å². The summed E-state index contributed by atoms with van der Waals surface area (Å²) in [5.74, 6) is 0. The number of aliphatic imine (C=N–C) groups is 1. The number of hydrogen-bond donors (Lipinski definition) is 1. The first-order valence-electron chi connectivity index (χ1n) is 7.49. The number of rotatable bonds is 7. The molecule has 1 aromatic heterocycles. The van der Waals surface area contributed by atoms with Gasteiger partial charge in [0.1, 0.15) is 0 Å². The summed E-state index contributed by atoms with van der Waals surface area (Å²) >= 11 is 0. The topological polar surface area (TPSA) is 37.3 Å². The Kier molecular flexibility index (Phi) is 6.35.